The molecule has 1 rings (SSSR count). The minimum Gasteiger partial charge on any atom is -0.314 e. The molecule has 3 heteroatoms. The third kappa shape index (κ3) is 4.58. The first-order valence-electron chi connectivity index (χ1n) is 5.05. The van der Waals surface area contributed by atoms with Gasteiger partial charge in [0.05, 0.1) is 3.79 Å². The zero-order chi connectivity index (χ0) is 10.6. The Morgan fingerprint density at radius 3 is 2.57 bits per heavy atom. The molecule has 1 heterocycles. The number of halogens is 1. The summed E-state index contributed by atoms with van der Waals surface area (Å²) in [4.78, 5) is 1.47. The van der Waals surface area contributed by atoms with E-state index in [1.165, 1.54) is 15.1 Å². The minimum absolute atomic E-state index is 0.590. The van der Waals surface area contributed by atoms with Gasteiger partial charge in [0, 0.05) is 10.9 Å². The average molecular weight is 276 g/mol. The van der Waals surface area contributed by atoms with Crippen LogP contribution in [-0.4, -0.2) is 12.6 Å². The Bertz CT molecular complexity index is 270. The molecule has 1 unspecified atom stereocenters. The molecular formula is C11H18BrNS. The lowest BCUT2D eigenvalue weighted by atomic mass is 10.1. The monoisotopic (exact) mass is 275 g/mol. The van der Waals surface area contributed by atoms with Gasteiger partial charge in [0.15, 0.2) is 0 Å². The van der Waals surface area contributed by atoms with Crippen molar-refractivity contribution in [3.8, 4) is 0 Å². The number of hydrogen-bond acceptors (Lipinski definition) is 2. The first-order chi connectivity index (χ1) is 6.58. The van der Waals surface area contributed by atoms with E-state index in [0.717, 1.165) is 6.54 Å². The second-order valence-corrected chi connectivity index (χ2v) is 6.63. The summed E-state index contributed by atoms with van der Waals surface area (Å²) in [6, 6.07) is 4.93. The predicted octanol–water partition coefficient (Wildman–Crippen LogP) is 3.69. The van der Waals surface area contributed by atoms with Gasteiger partial charge in [-0.3, -0.25) is 0 Å². The van der Waals surface area contributed by atoms with E-state index in [1.807, 2.05) is 11.3 Å². The lowest BCUT2D eigenvalue weighted by molar-refractivity contribution is 0.478. The third-order valence-corrected chi connectivity index (χ3v) is 3.70. The van der Waals surface area contributed by atoms with Crippen molar-refractivity contribution in [1.29, 1.82) is 0 Å². The topological polar surface area (TPSA) is 12.0 Å². The zero-order valence-corrected chi connectivity index (χ0v) is 11.4. The Balaban J connectivity index is 2.30. The van der Waals surface area contributed by atoms with E-state index in [2.05, 4.69) is 54.2 Å². The largest absolute Gasteiger partial charge is 0.314 e. The van der Waals surface area contributed by atoms with Gasteiger partial charge in [-0.15, -0.1) is 11.3 Å². The lowest BCUT2D eigenvalue weighted by Gasteiger charge is -2.13. The highest BCUT2D eigenvalue weighted by atomic mass is 79.9. The Kier molecular flexibility index (Phi) is 5.13. The molecule has 0 aromatic carbocycles. The quantitative estimate of drug-likeness (QED) is 0.865. The van der Waals surface area contributed by atoms with E-state index >= 15 is 0 Å². The first kappa shape index (κ1) is 12.2. The van der Waals surface area contributed by atoms with Crippen LogP contribution in [0.5, 0.6) is 0 Å². The van der Waals surface area contributed by atoms with Crippen LogP contribution < -0.4 is 5.32 Å². The highest BCUT2D eigenvalue weighted by molar-refractivity contribution is 9.11. The standard InChI is InChI=1S/C11H18BrNS/c1-8(2)13-7-9(3)6-10-4-5-11(12)14-10/h4-5,8-9,13H,6-7H2,1-3H3. The molecule has 0 saturated carbocycles. The van der Waals surface area contributed by atoms with Crippen molar-refractivity contribution < 1.29 is 0 Å². The minimum atomic E-state index is 0.590. The van der Waals surface area contributed by atoms with Crippen LogP contribution in [0.4, 0.5) is 0 Å². The van der Waals surface area contributed by atoms with E-state index in [0.29, 0.717) is 12.0 Å². The summed E-state index contributed by atoms with van der Waals surface area (Å²) in [5.41, 5.74) is 0. The summed E-state index contributed by atoms with van der Waals surface area (Å²) >= 11 is 5.33. The van der Waals surface area contributed by atoms with E-state index in [-0.39, 0.29) is 0 Å². The molecule has 0 aliphatic rings. The summed E-state index contributed by atoms with van der Waals surface area (Å²) in [5.74, 6) is 0.711. The molecule has 1 aromatic rings. The summed E-state index contributed by atoms with van der Waals surface area (Å²) in [7, 11) is 0. The van der Waals surface area contributed by atoms with Gasteiger partial charge in [0.25, 0.3) is 0 Å². The van der Waals surface area contributed by atoms with Crippen molar-refractivity contribution in [3.05, 3.63) is 20.8 Å². The zero-order valence-electron chi connectivity index (χ0n) is 9.01. The molecule has 0 radical (unpaired) electrons. The van der Waals surface area contributed by atoms with Crippen molar-refractivity contribution >= 4 is 27.3 Å². The summed E-state index contributed by atoms with van der Waals surface area (Å²) in [6.45, 7) is 7.78. The van der Waals surface area contributed by atoms with Crippen LogP contribution in [0, 0.1) is 5.92 Å². The number of hydrogen-bond donors (Lipinski definition) is 1. The van der Waals surface area contributed by atoms with Crippen LogP contribution in [-0.2, 0) is 6.42 Å². The fourth-order valence-corrected chi connectivity index (χ4v) is 2.96. The van der Waals surface area contributed by atoms with Crippen molar-refractivity contribution in [2.45, 2.75) is 33.2 Å². The summed E-state index contributed by atoms with van der Waals surface area (Å²) < 4.78 is 1.23. The van der Waals surface area contributed by atoms with Crippen LogP contribution in [0.3, 0.4) is 0 Å². The van der Waals surface area contributed by atoms with Gasteiger partial charge in [-0.1, -0.05) is 20.8 Å². The molecule has 0 bridgehead atoms. The molecule has 1 atom stereocenters. The smallest absolute Gasteiger partial charge is 0.0701 e. The average Bonchev–Trinajstić information content (AvgIpc) is 2.48. The lowest BCUT2D eigenvalue weighted by Crippen LogP contribution is -2.28. The normalized spacial score (nSPS) is 13.5. The van der Waals surface area contributed by atoms with E-state index in [1.54, 1.807) is 0 Å². The summed E-state index contributed by atoms with van der Waals surface area (Å²) in [5, 5.41) is 3.47. The molecule has 1 aromatic heterocycles. The Labute approximate surface area is 99.0 Å². The molecule has 80 valence electrons. The third-order valence-electron chi connectivity index (χ3n) is 2.05. The van der Waals surface area contributed by atoms with Gasteiger partial charge in [0.2, 0.25) is 0 Å². The summed E-state index contributed by atoms with van der Waals surface area (Å²) in [6.07, 6.45) is 1.18. The highest BCUT2D eigenvalue weighted by Gasteiger charge is 2.06. The van der Waals surface area contributed by atoms with Gasteiger partial charge in [-0.2, -0.15) is 0 Å². The number of nitrogens with one attached hydrogen (secondary N) is 1. The SMILES string of the molecule is CC(CNC(C)C)Cc1ccc(Br)s1. The van der Waals surface area contributed by atoms with Crippen LogP contribution in [0.1, 0.15) is 25.6 Å². The molecule has 0 aliphatic heterocycles. The van der Waals surface area contributed by atoms with Gasteiger partial charge in [-0.05, 0) is 46.9 Å². The highest BCUT2D eigenvalue weighted by Crippen LogP contribution is 2.24. The fourth-order valence-electron chi connectivity index (χ4n) is 1.31. The Morgan fingerprint density at radius 2 is 2.07 bits per heavy atom. The molecular weight excluding hydrogens is 258 g/mol. The van der Waals surface area contributed by atoms with E-state index in [9.17, 15) is 0 Å². The maximum absolute atomic E-state index is 3.49. The molecule has 0 spiro atoms. The van der Waals surface area contributed by atoms with Crippen molar-refractivity contribution in [1.82, 2.24) is 5.32 Å². The molecule has 0 amide bonds. The molecule has 0 aliphatic carbocycles. The van der Waals surface area contributed by atoms with Crippen LogP contribution >= 0.6 is 27.3 Å². The van der Waals surface area contributed by atoms with E-state index < -0.39 is 0 Å². The van der Waals surface area contributed by atoms with Gasteiger partial charge in [0.1, 0.15) is 0 Å². The van der Waals surface area contributed by atoms with Crippen molar-refractivity contribution in [3.63, 3.8) is 0 Å². The van der Waals surface area contributed by atoms with Gasteiger partial charge >= 0.3 is 0 Å². The van der Waals surface area contributed by atoms with Gasteiger partial charge in [-0.25, -0.2) is 0 Å². The number of rotatable bonds is 5. The molecule has 0 saturated heterocycles. The molecule has 1 N–H and O–H groups in total. The molecule has 14 heavy (non-hydrogen) atoms. The fraction of sp³-hybridized carbons (Fsp3) is 0.636. The van der Waals surface area contributed by atoms with Crippen LogP contribution in [0.25, 0.3) is 0 Å². The predicted molar refractivity (Wildman–Crippen MR) is 68.0 cm³/mol. The van der Waals surface area contributed by atoms with Crippen LogP contribution in [0.15, 0.2) is 15.9 Å². The Hall–Kier alpha value is 0.140. The molecule has 0 fully saturated rings. The van der Waals surface area contributed by atoms with Crippen molar-refractivity contribution in [2.75, 3.05) is 6.54 Å². The molecule has 1 nitrogen and oxygen atoms in total. The van der Waals surface area contributed by atoms with Gasteiger partial charge < -0.3 is 5.32 Å². The second kappa shape index (κ2) is 5.89. The van der Waals surface area contributed by atoms with E-state index in [4.69, 9.17) is 0 Å². The Morgan fingerprint density at radius 1 is 1.36 bits per heavy atom. The maximum Gasteiger partial charge on any atom is 0.0701 e. The maximum atomic E-state index is 3.49. The number of thiophene rings is 1. The second-order valence-electron chi connectivity index (χ2n) is 4.08. The van der Waals surface area contributed by atoms with Crippen molar-refractivity contribution in [2.24, 2.45) is 5.92 Å². The first-order valence-corrected chi connectivity index (χ1v) is 6.66. The van der Waals surface area contributed by atoms with Crippen LogP contribution in [0.2, 0.25) is 0 Å².